The molecule has 0 spiro atoms. The summed E-state index contributed by atoms with van der Waals surface area (Å²) >= 11 is 5.75. The van der Waals surface area contributed by atoms with E-state index < -0.39 is 6.10 Å². The van der Waals surface area contributed by atoms with E-state index in [0.29, 0.717) is 5.75 Å². The first kappa shape index (κ1) is 17.5. The number of phenolic OH excluding ortho intramolecular Hbond substituents is 1. The van der Waals surface area contributed by atoms with E-state index in [9.17, 15) is 10.2 Å². The van der Waals surface area contributed by atoms with Gasteiger partial charge in [0, 0.05) is 10.8 Å². The van der Waals surface area contributed by atoms with Crippen LogP contribution in [-0.4, -0.2) is 16.3 Å². The molecular weight excluding hydrogens is 344 g/mol. The van der Waals surface area contributed by atoms with Crippen molar-refractivity contribution < 1.29 is 10.2 Å². The number of phenols is 1. The first-order chi connectivity index (χ1) is 12.6. The monoisotopic (exact) mass is 366 g/mol. The van der Waals surface area contributed by atoms with E-state index in [-0.39, 0.29) is 17.3 Å². The Morgan fingerprint density at radius 3 is 2.69 bits per heavy atom. The zero-order valence-electron chi connectivity index (χ0n) is 14.7. The number of benzene rings is 2. The highest BCUT2D eigenvalue weighted by molar-refractivity contribution is 6.30. The number of aryl methyl sites for hydroxylation is 1. The second kappa shape index (κ2) is 6.99. The first-order valence-corrected chi connectivity index (χ1v) is 9.67. The van der Waals surface area contributed by atoms with Gasteiger partial charge in [-0.05, 0) is 78.4 Å². The number of aliphatic hydroxyl groups excluding tert-OH is 1. The minimum atomic E-state index is -0.422. The molecule has 2 N–H and O–H groups in total. The topological polar surface area (TPSA) is 40.5 Å². The molecule has 1 saturated carbocycles. The average Bonchev–Trinajstić information content (AvgIpc) is 2.65. The molecule has 134 valence electrons. The summed E-state index contributed by atoms with van der Waals surface area (Å²) in [5.41, 5.74) is 3.76. The van der Waals surface area contributed by atoms with Gasteiger partial charge in [-0.2, -0.15) is 0 Å². The van der Waals surface area contributed by atoms with Crippen LogP contribution in [0.3, 0.4) is 0 Å². The molecule has 0 heterocycles. The third-order valence-corrected chi connectivity index (χ3v) is 6.49. The van der Waals surface area contributed by atoms with Gasteiger partial charge in [0.15, 0.2) is 0 Å². The van der Waals surface area contributed by atoms with Gasteiger partial charge in [0.25, 0.3) is 0 Å². The van der Waals surface area contributed by atoms with E-state index >= 15 is 0 Å². The van der Waals surface area contributed by atoms with E-state index in [4.69, 9.17) is 11.6 Å². The van der Waals surface area contributed by atoms with Crippen LogP contribution in [0.15, 0.2) is 48.5 Å². The molecule has 2 nitrogen and oxygen atoms in total. The highest BCUT2D eigenvalue weighted by atomic mass is 35.5. The normalized spacial score (nSPS) is 29.8. The van der Waals surface area contributed by atoms with Crippen molar-refractivity contribution in [3.8, 4) is 17.0 Å². The van der Waals surface area contributed by atoms with Crippen molar-refractivity contribution in [2.75, 3.05) is 0 Å². The zero-order valence-corrected chi connectivity index (χ0v) is 15.4. The van der Waals surface area contributed by atoms with E-state index in [2.05, 4.69) is 41.6 Å². The van der Waals surface area contributed by atoms with Crippen LogP contribution >= 0.6 is 11.6 Å². The van der Waals surface area contributed by atoms with Crippen molar-refractivity contribution in [3.63, 3.8) is 0 Å². The van der Waals surface area contributed by atoms with E-state index in [1.165, 1.54) is 16.7 Å². The summed E-state index contributed by atoms with van der Waals surface area (Å²) < 4.78 is 0. The summed E-state index contributed by atoms with van der Waals surface area (Å²) in [4.78, 5) is 0. The van der Waals surface area contributed by atoms with Gasteiger partial charge < -0.3 is 10.2 Å². The smallest absolute Gasteiger partial charge is 0.115 e. The minimum Gasteiger partial charge on any atom is -0.508 e. The molecule has 1 fully saturated rings. The van der Waals surface area contributed by atoms with Crippen molar-refractivity contribution in [1.82, 2.24) is 0 Å². The lowest BCUT2D eigenvalue weighted by atomic mass is 9.51. The van der Waals surface area contributed by atoms with Crippen LogP contribution in [-0.2, 0) is 18.3 Å². The van der Waals surface area contributed by atoms with Gasteiger partial charge in [-0.25, -0.2) is 0 Å². The molecule has 2 aromatic rings. The lowest BCUT2D eigenvalue weighted by Gasteiger charge is -2.52. The standard InChI is InChI=1S/C23H23ClO2/c24-13-11-19-21-8-6-17-14-18(25)7-9-20(17)23(21,12-10-22(19)26)15-16-4-2-1-3-5-16/h1-5,7,9,14,19,21-22,25-26H,6,8,10,12,15H2/t19?,21-,22-,23-/m1/s1. The number of hydrogen-bond donors (Lipinski definition) is 2. The fourth-order valence-corrected chi connectivity index (χ4v) is 5.42. The van der Waals surface area contributed by atoms with Gasteiger partial charge in [-0.3, -0.25) is 0 Å². The van der Waals surface area contributed by atoms with Crippen LogP contribution < -0.4 is 0 Å². The van der Waals surface area contributed by atoms with Crippen LogP contribution in [0.4, 0.5) is 0 Å². The van der Waals surface area contributed by atoms with Crippen molar-refractivity contribution in [2.45, 2.75) is 43.6 Å². The van der Waals surface area contributed by atoms with Crippen LogP contribution in [0, 0.1) is 23.1 Å². The van der Waals surface area contributed by atoms with Crippen LogP contribution in [0.2, 0.25) is 0 Å². The fourth-order valence-electron chi connectivity index (χ4n) is 5.29. The molecule has 0 radical (unpaired) electrons. The Hall–Kier alpha value is -1.95. The molecule has 2 aromatic carbocycles. The summed E-state index contributed by atoms with van der Waals surface area (Å²) in [6.07, 6.45) is 4.00. The van der Waals surface area contributed by atoms with Crippen LogP contribution in [0.5, 0.6) is 5.75 Å². The Morgan fingerprint density at radius 2 is 1.92 bits per heavy atom. The van der Waals surface area contributed by atoms with E-state index in [1.54, 1.807) is 6.07 Å². The maximum atomic E-state index is 10.6. The lowest BCUT2D eigenvalue weighted by Crippen LogP contribution is -2.51. The molecule has 2 aliphatic carbocycles. The van der Waals surface area contributed by atoms with Gasteiger partial charge in [-0.1, -0.05) is 42.3 Å². The molecule has 0 saturated heterocycles. The molecule has 0 aliphatic heterocycles. The van der Waals surface area contributed by atoms with Crippen LogP contribution in [0.25, 0.3) is 0 Å². The molecule has 2 aliphatic rings. The number of aliphatic hydroxyl groups is 1. The Bertz CT molecular complexity index is 852. The Labute approximate surface area is 159 Å². The third-order valence-electron chi connectivity index (χ3n) is 6.38. The zero-order chi connectivity index (χ0) is 18.1. The quantitative estimate of drug-likeness (QED) is 0.773. The number of halogens is 1. The van der Waals surface area contributed by atoms with Crippen molar-refractivity contribution >= 4 is 11.6 Å². The predicted molar refractivity (Wildman–Crippen MR) is 104 cm³/mol. The maximum Gasteiger partial charge on any atom is 0.115 e. The number of hydrogen-bond acceptors (Lipinski definition) is 2. The van der Waals surface area contributed by atoms with Crippen molar-refractivity contribution in [1.29, 1.82) is 0 Å². The molecule has 4 rings (SSSR count). The average molecular weight is 367 g/mol. The third kappa shape index (κ3) is 2.90. The van der Waals surface area contributed by atoms with Crippen molar-refractivity contribution in [3.05, 3.63) is 65.2 Å². The van der Waals surface area contributed by atoms with Gasteiger partial charge in [-0.15, -0.1) is 0 Å². The van der Waals surface area contributed by atoms with E-state index in [1.807, 2.05) is 12.1 Å². The minimum absolute atomic E-state index is 0.0761. The SMILES string of the molecule is Oc1ccc2c(c1)CC[C@@H]1C(C#CCl)[C@H](O)CC[C@@]21Cc1ccccc1. The first-order valence-electron chi connectivity index (χ1n) is 9.29. The maximum absolute atomic E-state index is 10.6. The molecule has 4 atom stereocenters. The Kier molecular flexibility index (Phi) is 4.69. The number of aromatic hydroxyl groups is 1. The molecule has 0 aromatic heterocycles. The Morgan fingerprint density at radius 1 is 1.12 bits per heavy atom. The summed E-state index contributed by atoms with van der Waals surface area (Å²) in [5, 5.41) is 23.1. The molecular formula is C23H23ClO2. The lowest BCUT2D eigenvalue weighted by molar-refractivity contribution is 0.00419. The second-order valence-corrected chi connectivity index (χ2v) is 7.86. The summed E-state index contributed by atoms with van der Waals surface area (Å²) in [6, 6.07) is 16.3. The van der Waals surface area contributed by atoms with Crippen molar-refractivity contribution in [2.24, 2.45) is 11.8 Å². The number of rotatable bonds is 2. The van der Waals surface area contributed by atoms with Gasteiger partial charge in [0.05, 0.1) is 12.0 Å². The van der Waals surface area contributed by atoms with Gasteiger partial charge >= 0.3 is 0 Å². The number of fused-ring (bicyclic) bond motifs is 3. The molecule has 3 heteroatoms. The molecule has 1 unspecified atom stereocenters. The Balaban J connectivity index is 1.86. The van der Waals surface area contributed by atoms with Crippen LogP contribution in [0.1, 0.15) is 36.0 Å². The highest BCUT2D eigenvalue weighted by Gasteiger charge is 2.51. The fraction of sp³-hybridized carbons (Fsp3) is 0.391. The highest BCUT2D eigenvalue weighted by Crippen LogP contribution is 2.54. The largest absolute Gasteiger partial charge is 0.508 e. The predicted octanol–water partition coefficient (Wildman–Crippen LogP) is 4.41. The summed E-state index contributed by atoms with van der Waals surface area (Å²) in [7, 11) is 0. The second-order valence-electron chi connectivity index (χ2n) is 7.68. The van der Waals surface area contributed by atoms with Gasteiger partial charge in [0.2, 0.25) is 0 Å². The summed E-state index contributed by atoms with van der Waals surface area (Å²) in [6.45, 7) is 0. The summed E-state index contributed by atoms with van der Waals surface area (Å²) in [5.74, 6) is 3.58. The molecule has 0 bridgehead atoms. The van der Waals surface area contributed by atoms with Gasteiger partial charge in [0.1, 0.15) is 5.75 Å². The molecule has 0 amide bonds. The van der Waals surface area contributed by atoms with E-state index in [0.717, 1.165) is 32.1 Å². The molecule has 26 heavy (non-hydrogen) atoms.